The molecule has 2 atom stereocenters. The van der Waals surface area contributed by atoms with Crippen molar-refractivity contribution in [2.24, 2.45) is 5.92 Å². The van der Waals surface area contributed by atoms with Gasteiger partial charge in [-0.2, -0.15) is 0 Å². The summed E-state index contributed by atoms with van der Waals surface area (Å²) in [6, 6.07) is 11.0. The number of rotatable bonds is 3. The molecule has 0 unspecified atom stereocenters. The third-order valence-corrected chi connectivity index (χ3v) is 4.66. The maximum Gasteiger partial charge on any atom is 0.137 e. The molecular weight excluding hydrogens is 234 g/mol. The molecule has 0 bridgehead atoms. The first-order valence-corrected chi connectivity index (χ1v) is 7.68. The Morgan fingerprint density at radius 2 is 1.74 bits per heavy atom. The molecule has 102 valence electrons. The molecule has 2 nitrogen and oxygen atoms in total. The summed E-state index contributed by atoms with van der Waals surface area (Å²) in [7, 11) is 0. The highest BCUT2D eigenvalue weighted by Crippen LogP contribution is 2.37. The quantitative estimate of drug-likeness (QED) is 0.825. The Balaban J connectivity index is 1.89. The highest BCUT2D eigenvalue weighted by Gasteiger charge is 2.35. The lowest BCUT2D eigenvalue weighted by atomic mass is 9.79. The molecule has 1 saturated carbocycles. The molecule has 1 aliphatic heterocycles. The van der Waals surface area contributed by atoms with Crippen LogP contribution in [0.2, 0.25) is 0 Å². The molecule has 2 heteroatoms. The van der Waals surface area contributed by atoms with Crippen LogP contribution < -0.4 is 0 Å². The molecular formula is C17H23NO. The monoisotopic (exact) mass is 257 g/mol. The van der Waals surface area contributed by atoms with Crippen LogP contribution in [0.1, 0.15) is 50.1 Å². The molecule has 3 rings (SSSR count). The molecule has 0 N–H and O–H groups in total. The number of ketones is 1. The van der Waals surface area contributed by atoms with Gasteiger partial charge in [0.2, 0.25) is 0 Å². The third kappa shape index (κ3) is 2.74. The van der Waals surface area contributed by atoms with Gasteiger partial charge < -0.3 is 0 Å². The molecule has 1 saturated heterocycles. The van der Waals surface area contributed by atoms with Crippen molar-refractivity contribution < 1.29 is 4.79 Å². The fourth-order valence-electron chi connectivity index (χ4n) is 3.71. The van der Waals surface area contributed by atoms with E-state index in [1.165, 1.54) is 24.8 Å². The Labute approximate surface area is 115 Å². The Morgan fingerprint density at radius 1 is 1.00 bits per heavy atom. The van der Waals surface area contributed by atoms with Crippen LogP contribution in [-0.2, 0) is 4.79 Å². The number of hydrogen-bond acceptors (Lipinski definition) is 2. The minimum atomic E-state index is 0.231. The molecule has 19 heavy (non-hydrogen) atoms. The van der Waals surface area contributed by atoms with Gasteiger partial charge in [0, 0.05) is 18.4 Å². The van der Waals surface area contributed by atoms with Crippen molar-refractivity contribution >= 4 is 5.78 Å². The summed E-state index contributed by atoms with van der Waals surface area (Å²) in [6.07, 6.45) is 6.75. The summed E-state index contributed by atoms with van der Waals surface area (Å²) in [5.41, 5.74) is 1.34. The smallest absolute Gasteiger partial charge is 0.137 e. The lowest BCUT2D eigenvalue weighted by Crippen LogP contribution is -2.36. The van der Waals surface area contributed by atoms with E-state index in [1.807, 2.05) is 0 Å². The van der Waals surface area contributed by atoms with Gasteiger partial charge in [-0.3, -0.25) is 9.69 Å². The fourth-order valence-corrected chi connectivity index (χ4v) is 3.71. The first-order valence-electron chi connectivity index (χ1n) is 7.68. The summed E-state index contributed by atoms with van der Waals surface area (Å²) in [4.78, 5) is 14.9. The van der Waals surface area contributed by atoms with Gasteiger partial charge in [-0.1, -0.05) is 36.8 Å². The van der Waals surface area contributed by atoms with Crippen LogP contribution in [0.25, 0.3) is 0 Å². The molecule has 1 heterocycles. The Morgan fingerprint density at radius 3 is 2.42 bits per heavy atom. The van der Waals surface area contributed by atoms with Gasteiger partial charge in [-0.25, -0.2) is 0 Å². The van der Waals surface area contributed by atoms with E-state index in [4.69, 9.17) is 0 Å². The molecule has 0 spiro atoms. The standard InChI is InChI=1S/C17H23NO/c19-16-11-5-4-10-15(16)17(18-12-6-7-13-18)14-8-2-1-3-9-14/h1-3,8-9,15,17H,4-7,10-13H2/t15-,17+/m1/s1. The average Bonchev–Trinajstić information content (AvgIpc) is 2.96. The molecule has 2 aliphatic rings. The summed E-state index contributed by atoms with van der Waals surface area (Å²) < 4.78 is 0. The van der Waals surface area contributed by atoms with Crippen LogP contribution in [0.15, 0.2) is 30.3 Å². The number of nitrogens with zero attached hydrogens (tertiary/aromatic N) is 1. The van der Waals surface area contributed by atoms with Gasteiger partial charge >= 0.3 is 0 Å². The van der Waals surface area contributed by atoms with Crippen LogP contribution in [0.4, 0.5) is 0 Å². The molecule has 0 radical (unpaired) electrons. The van der Waals surface area contributed by atoms with E-state index < -0.39 is 0 Å². The van der Waals surface area contributed by atoms with E-state index in [0.29, 0.717) is 11.8 Å². The van der Waals surface area contributed by atoms with Crippen LogP contribution in [-0.4, -0.2) is 23.8 Å². The van der Waals surface area contributed by atoms with Gasteiger partial charge in [-0.15, -0.1) is 0 Å². The lowest BCUT2D eigenvalue weighted by Gasteiger charge is -2.36. The topological polar surface area (TPSA) is 20.3 Å². The van der Waals surface area contributed by atoms with Gasteiger partial charge in [0.05, 0.1) is 0 Å². The molecule has 1 aliphatic carbocycles. The van der Waals surface area contributed by atoms with Gasteiger partial charge in [0.25, 0.3) is 0 Å². The number of hydrogen-bond donors (Lipinski definition) is 0. The predicted octanol–water partition coefficient (Wildman–Crippen LogP) is 3.58. The normalized spacial score (nSPS) is 26.5. The minimum Gasteiger partial charge on any atom is -0.299 e. The van der Waals surface area contributed by atoms with E-state index in [1.54, 1.807) is 0 Å². The molecule has 0 aromatic heterocycles. The fraction of sp³-hybridized carbons (Fsp3) is 0.588. The first kappa shape index (κ1) is 12.9. The number of carbonyl (C=O) groups is 1. The van der Waals surface area contributed by atoms with Gasteiger partial charge in [-0.05, 0) is 44.3 Å². The molecule has 2 fully saturated rings. The zero-order valence-corrected chi connectivity index (χ0v) is 11.6. The van der Waals surface area contributed by atoms with Crippen molar-refractivity contribution in [3.8, 4) is 0 Å². The minimum absolute atomic E-state index is 0.231. The Hall–Kier alpha value is -1.15. The number of Topliss-reactive ketones (excluding diaryl/α,β-unsaturated/α-hetero) is 1. The van der Waals surface area contributed by atoms with Crippen LogP contribution >= 0.6 is 0 Å². The largest absolute Gasteiger partial charge is 0.299 e. The van der Waals surface area contributed by atoms with E-state index in [0.717, 1.165) is 32.4 Å². The van der Waals surface area contributed by atoms with Crippen molar-refractivity contribution in [1.82, 2.24) is 4.90 Å². The zero-order valence-electron chi connectivity index (χ0n) is 11.6. The van der Waals surface area contributed by atoms with Crippen LogP contribution in [0.3, 0.4) is 0 Å². The second-order valence-corrected chi connectivity index (χ2v) is 5.92. The van der Waals surface area contributed by atoms with Crippen LogP contribution in [0.5, 0.6) is 0 Å². The maximum atomic E-state index is 12.3. The van der Waals surface area contributed by atoms with Crippen molar-refractivity contribution in [3.05, 3.63) is 35.9 Å². The zero-order chi connectivity index (χ0) is 13.1. The van der Waals surface area contributed by atoms with Crippen molar-refractivity contribution in [3.63, 3.8) is 0 Å². The highest BCUT2D eigenvalue weighted by molar-refractivity contribution is 5.82. The van der Waals surface area contributed by atoms with E-state index >= 15 is 0 Å². The van der Waals surface area contributed by atoms with Crippen molar-refractivity contribution in [2.75, 3.05) is 13.1 Å². The first-order chi connectivity index (χ1) is 9.36. The lowest BCUT2D eigenvalue weighted by molar-refractivity contribution is -0.127. The molecule has 1 aromatic rings. The Bertz CT molecular complexity index is 422. The second kappa shape index (κ2) is 5.87. The van der Waals surface area contributed by atoms with Crippen LogP contribution in [0, 0.1) is 5.92 Å². The third-order valence-electron chi connectivity index (χ3n) is 4.66. The number of benzene rings is 1. The van der Waals surface area contributed by atoms with Crippen molar-refractivity contribution in [1.29, 1.82) is 0 Å². The predicted molar refractivity (Wildman–Crippen MR) is 77.0 cm³/mol. The SMILES string of the molecule is O=C1CCCC[C@H]1[C@H](c1ccccc1)N1CCCC1. The second-order valence-electron chi connectivity index (χ2n) is 5.92. The summed E-state index contributed by atoms with van der Waals surface area (Å²) in [5, 5.41) is 0. The van der Waals surface area contributed by atoms with Gasteiger partial charge in [0.15, 0.2) is 0 Å². The highest BCUT2D eigenvalue weighted by atomic mass is 16.1. The molecule has 0 amide bonds. The molecule has 1 aromatic carbocycles. The number of likely N-dealkylation sites (tertiary alicyclic amines) is 1. The van der Waals surface area contributed by atoms with Gasteiger partial charge in [0.1, 0.15) is 5.78 Å². The maximum absolute atomic E-state index is 12.3. The van der Waals surface area contributed by atoms with Crippen molar-refractivity contribution in [2.45, 2.75) is 44.6 Å². The van der Waals surface area contributed by atoms with E-state index in [-0.39, 0.29) is 5.92 Å². The summed E-state index contributed by atoms with van der Waals surface area (Å²) >= 11 is 0. The number of carbonyl (C=O) groups excluding carboxylic acids is 1. The summed E-state index contributed by atoms with van der Waals surface area (Å²) in [5.74, 6) is 0.723. The van der Waals surface area contributed by atoms with E-state index in [2.05, 4.69) is 35.2 Å². The summed E-state index contributed by atoms with van der Waals surface area (Å²) in [6.45, 7) is 2.31. The van der Waals surface area contributed by atoms with E-state index in [9.17, 15) is 4.79 Å². The Kier molecular flexibility index (Phi) is 3.97. The average molecular weight is 257 g/mol.